The third kappa shape index (κ3) is 4.68. The fraction of sp³-hybridized carbons (Fsp3) is 0.0667. The third-order valence-corrected chi connectivity index (χ3v) is 3.96. The van der Waals surface area contributed by atoms with Gasteiger partial charge in [0.2, 0.25) is 5.91 Å². The highest BCUT2D eigenvalue weighted by molar-refractivity contribution is 7.86. The average Bonchev–Trinajstić information content (AvgIpc) is 2.47. The fourth-order valence-corrected chi connectivity index (χ4v) is 2.79. The number of hydrogen-bond donors (Lipinski definition) is 5. The van der Waals surface area contributed by atoms with E-state index in [1.807, 2.05) is 0 Å². The van der Waals surface area contributed by atoms with Crippen molar-refractivity contribution >= 4 is 44.7 Å². The van der Waals surface area contributed by atoms with Crippen LogP contribution in [0.5, 0.6) is 0 Å². The summed E-state index contributed by atoms with van der Waals surface area (Å²) in [5, 5.41) is 14.3. The molecule has 0 atom stereocenters. The van der Waals surface area contributed by atoms with E-state index in [0.717, 1.165) is 6.07 Å². The van der Waals surface area contributed by atoms with Crippen molar-refractivity contribution in [2.45, 2.75) is 11.8 Å². The van der Waals surface area contributed by atoms with Crippen molar-refractivity contribution in [1.82, 2.24) is 0 Å². The van der Waals surface area contributed by atoms with E-state index >= 15 is 0 Å². The summed E-state index contributed by atoms with van der Waals surface area (Å²) in [6.07, 6.45) is 0. The Morgan fingerprint density at radius 3 is 2.28 bits per heavy atom. The Hall–Kier alpha value is -3.11. The molecule has 10 heteroatoms. The van der Waals surface area contributed by atoms with Gasteiger partial charge in [-0.3, -0.25) is 9.35 Å². The van der Waals surface area contributed by atoms with Gasteiger partial charge in [-0.05, 0) is 36.4 Å². The minimum atomic E-state index is -4.56. The van der Waals surface area contributed by atoms with E-state index in [4.69, 9.17) is 10.8 Å². The Balaban J connectivity index is 2.52. The Morgan fingerprint density at radius 2 is 1.72 bits per heavy atom. The van der Waals surface area contributed by atoms with Crippen LogP contribution in [0.3, 0.4) is 0 Å². The van der Waals surface area contributed by atoms with Crippen molar-refractivity contribution in [2.24, 2.45) is 0 Å². The molecule has 0 aromatic heterocycles. The van der Waals surface area contributed by atoms with Crippen molar-refractivity contribution in [3.63, 3.8) is 0 Å². The second-order valence-corrected chi connectivity index (χ2v) is 6.53. The van der Waals surface area contributed by atoms with Crippen LogP contribution in [-0.4, -0.2) is 30.0 Å². The predicted octanol–water partition coefficient (Wildman–Crippen LogP) is 1.92. The fourth-order valence-electron chi connectivity index (χ4n) is 2.11. The van der Waals surface area contributed by atoms with Crippen LogP contribution in [-0.2, 0) is 14.9 Å². The number of amides is 1. The molecule has 0 aliphatic carbocycles. The number of anilines is 4. The van der Waals surface area contributed by atoms with Crippen molar-refractivity contribution in [3.8, 4) is 0 Å². The molecule has 0 saturated heterocycles. The summed E-state index contributed by atoms with van der Waals surface area (Å²) in [5.74, 6) is -1.64. The molecule has 0 saturated carbocycles. The summed E-state index contributed by atoms with van der Waals surface area (Å²) in [6, 6.07) is 7.71. The van der Waals surface area contributed by atoms with Crippen molar-refractivity contribution in [1.29, 1.82) is 0 Å². The second kappa shape index (κ2) is 6.79. The zero-order chi connectivity index (χ0) is 18.8. The van der Waals surface area contributed by atoms with E-state index in [1.54, 1.807) is 0 Å². The van der Waals surface area contributed by atoms with Gasteiger partial charge in [-0.2, -0.15) is 8.42 Å². The van der Waals surface area contributed by atoms with Gasteiger partial charge < -0.3 is 21.5 Å². The first-order valence-electron chi connectivity index (χ1n) is 6.86. The number of carboxylic acids is 1. The first kappa shape index (κ1) is 18.2. The number of benzene rings is 2. The molecule has 0 unspecified atom stereocenters. The van der Waals surface area contributed by atoms with E-state index in [2.05, 4.69) is 10.6 Å². The Kier molecular flexibility index (Phi) is 4.95. The molecule has 132 valence electrons. The summed E-state index contributed by atoms with van der Waals surface area (Å²) in [6.45, 7) is 1.26. The molecule has 9 nitrogen and oxygen atoms in total. The van der Waals surface area contributed by atoms with E-state index in [9.17, 15) is 22.6 Å². The monoisotopic (exact) mass is 365 g/mol. The number of carbonyl (C=O) groups is 2. The lowest BCUT2D eigenvalue weighted by molar-refractivity contribution is -0.114. The minimum absolute atomic E-state index is 0.00647. The molecule has 0 spiro atoms. The van der Waals surface area contributed by atoms with E-state index in [0.29, 0.717) is 0 Å². The molecule has 0 radical (unpaired) electrons. The maximum atomic E-state index is 11.5. The first-order chi connectivity index (χ1) is 11.6. The van der Waals surface area contributed by atoms with Gasteiger partial charge in [0.25, 0.3) is 10.1 Å². The summed E-state index contributed by atoms with van der Waals surface area (Å²) in [4.78, 5) is 21.9. The number of nitrogens with one attached hydrogen (secondary N) is 2. The van der Waals surface area contributed by atoms with Crippen LogP contribution in [0.15, 0.2) is 41.3 Å². The van der Waals surface area contributed by atoms with Crippen LogP contribution in [0.2, 0.25) is 0 Å². The first-order valence-corrected chi connectivity index (χ1v) is 8.30. The molecule has 25 heavy (non-hydrogen) atoms. The highest BCUT2D eigenvalue weighted by Gasteiger charge is 2.17. The Morgan fingerprint density at radius 1 is 1.08 bits per heavy atom. The number of rotatable bonds is 5. The van der Waals surface area contributed by atoms with Gasteiger partial charge in [0.05, 0.1) is 11.3 Å². The molecule has 6 N–H and O–H groups in total. The highest BCUT2D eigenvalue weighted by Crippen LogP contribution is 2.29. The normalized spacial score (nSPS) is 11.0. The molecule has 0 heterocycles. The van der Waals surface area contributed by atoms with Crippen LogP contribution in [0.25, 0.3) is 0 Å². The molecule has 0 aliphatic rings. The predicted molar refractivity (Wildman–Crippen MR) is 91.7 cm³/mol. The van der Waals surface area contributed by atoms with Crippen LogP contribution < -0.4 is 16.4 Å². The molecule has 2 aromatic carbocycles. The van der Waals surface area contributed by atoms with Gasteiger partial charge in [-0.15, -0.1) is 0 Å². The summed E-state index contributed by atoms with van der Waals surface area (Å²) >= 11 is 0. The largest absolute Gasteiger partial charge is 0.478 e. The number of aromatic carboxylic acids is 1. The minimum Gasteiger partial charge on any atom is -0.478 e. The maximum absolute atomic E-state index is 11.5. The second-order valence-electron chi connectivity index (χ2n) is 5.14. The lowest BCUT2D eigenvalue weighted by Crippen LogP contribution is -2.09. The van der Waals surface area contributed by atoms with Crippen molar-refractivity contribution in [2.75, 3.05) is 16.4 Å². The molecule has 0 fully saturated rings. The maximum Gasteiger partial charge on any atom is 0.335 e. The molecule has 2 rings (SSSR count). The van der Waals surface area contributed by atoms with Crippen LogP contribution in [0.1, 0.15) is 17.3 Å². The van der Waals surface area contributed by atoms with Crippen LogP contribution in [0, 0.1) is 0 Å². The Labute approximate surface area is 143 Å². The molecule has 1 amide bonds. The zero-order valence-corrected chi connectivity index (χ0v) is 13.8. The number of nitrogens with two attached hydrogens (primary N) is 1. The molecular weight excluding hydrogens is 350 g/mol. The van der Waals surface area contributed by atoms with E-state index in [1.165, 1.54) is 37.3 Å². The van der Waals surface area contributed by atoms with Crippen molar-refractivity contribution in [3.05, 3.63) is 42.0 Å². The molecule has 0 bridgehead atoms. The lowest BCUT2D eigenvalue weighted by atomic mass is 10.1. The standard InChI is InChI=1S/C15H15N3O6S/c1-8(19)17-11-4-9(15(20)21)5-12(7-11)18-13-3-2-10(16)6-14(13)25(22,23)24/h2-7,18H,16H2,1H3,(H,17,19)(H,20,21)(H,22,23,24). The van der Waals surface area contributed by atoms with Gasteiger partial charge in [-0.25, -0.2) is 4.79 Å². The van der Waals surface area contributed by atoms with E-state index < -0.39 is 26.9 Å². The zero-order valence-electron chi connectivity index (χ0n) is 13.0. The van der Waals surface area contributed by atoms with Crippen LogP contribution >= 0.6 is 0 Å². The molecular formula is C15H15N3O6S. The highest BCUT2D eigenvalue weighted by atomic mass is 32.2. The quantitative estimate of drug-likeness (QED) is 0.397. The SMILES string of the molecule is CC(=O)Nc1cc(Nc2ccc(N)cc2S(=O)(=O)O)cc(C(=O)O)c1. The Bertz CT molecular complexity index is 956. The molecule has 0 aliphatic heterocycles. The van der Waals surface area contributed by atoms with Gasteiger partial charge in [0.15, 0.2) is 0 Å². The number of hydrogen-bond acceptors (Lipinski definition) is 6. The van der Waals surface area contributed by atoms with Gasteiger partial charge in [0.1, 0.15) is 4.90 Å². The topological polar surface area (TPSA) is 159 Å². The summed E-state index contributed by atoms with van der Waals surface area (Å²) in [5.41, 5.74) is 5.92. The lowest BCUT2D eigenvalue weighted by Gasteiger charge is -2.13. The summed E-state index contributed by atoms with van der Waals surface area (Å²) < 4.78 is 32.3. The number of carboxylic acid groups (broad SMARTS) is 1. The van der Waals surface area contributed by atoms with E-state index in [-0.39, 0.29) is 28.3 Å². The smallest absolute Gasteiger partial charge is 0.335 e. The average molecular weight is 365 g/mol. The third-order valence-electron chi connectivity index (χ3n) is 3.06. The van der Waals surface area contributed by atoms with Gasteiger partial charge in [0, 0.05) is 24.0 Å². The van der Waals surface area contributed by atoms with Crippen molar-refractivity contribution < 1.29 is 27.7 Å². The number of carbonyl (C=O) groups excluding carboxylic acids is 1. The van der Waals surface area contributed by atoms with Gasteiger partial charge in [-0.1, -0.05) is 0 Å². The summed E-state index contributed by atoms with van der Waals surface area (Å²) in [7, 11) is -4.56. The molecule has 2 aromatic rings. The number of nitrogen functional groups attached to an aromatic ring is 1. The van der Waals surface area contributed by atoms with Gasteiger partial charge >= 0.3 is 5.97 Å². The van der Waals surface area contributed by atoms with Crippen LogP contribution in [0.4, 0.5) is 22.7 Å².